The maximum Gasteiger partial charge on any atom is 0.0886 e. The second-order valence-electron chi connectivity index (χ2n) is 18.1. The van der Waals surface area contributed by atoms with Gasteiger partial charge in [0.25, 0.3) is 0 Å². The molecule has 1 N–H and O–H groups in total. The van der Waals surface area contributed by atoms with Crippen molar-refractivity contribution in [3.05, 3.63) is 98.6 Å². The van der Waals surface area contributed by atoms with Crippen LogP contribution in [-0.2, 0) is 10.8 Å². The van der Waals surface area contributed by atoms with Gasteiger partial charge in [0.15, 0.2) is 0 Å². The molecule has 4 aromatic carbocycles. The molecule has 0 bridgehead atoms. The largest absolute Gasteiger partial charge is 0.380 e. The average molecular weight is 874 g/mol. The molecular formula is C55H71NS4. The van der Waals surface area contributed by atoms with Gasteiger partial charge in [0.1, 0.15) is 0 Å². The highest BCUT2D eigenvalue weighted by molar-refractivity contribution is 7.20. The van der Waals surface area contributed by atoms with Crippen LogP contribution in [-0.4, -0.2) is 7.05 Å². The molecule has 8 aromatic rings. The summed E-state index contributed by atoms with van der Waals surface area (Å²) < 4.78 is 0. The summed E-state index contributed by atoms with van der Waals surface area (Å²) in [6.45, 7) is 38.0. The third kappa shape index (κ3) is 9.17. The summed E-state index contributed by atoms with van der Waals surface area (Å²) in [6.07, 6.45) is 1.25. The first-order valence-corrected chi connectivity index (χ1v) is 25.7. The van der Waals surface area contributed by atoms with E-state index >= 15 is 0 Å². The minimum absolute atomic E-state index is 0.0445. The standard InChI is InChI=1S/C48H51NS4.C3H8.2C2H6/c1-25(2)28-21-30-41-31(22-28)44(37-17-19-39(52-37)48(9,10)11)46(38-18-20-40(49-12)53-38)33-24-29(47(6,7)8)23-32(42(33)41)45(35-14-13-27(5)50-35)43(30)36-16-15-34(51-36)26(3)4;1-3-2;2*1-2/h13-26,49H,1-12H3;3H2,1-2H3;2*1-2H3. The Morgan fingerprint density at radius 2 is 0.950 bits per heavy atom. The molecular weight excluding hydrogens is 803 g/mol. The van der Waals surface area contributed by atoms with Crippen LogP contribution >= 0.6 is 45.3 Å². The highest BCUT2D eigenvalue weighted by atomic mass is 32.1. The maximum absolute atomic E-state index is 3.46. The zero-order valence-corrected chi connectivity index (χ0v) is 43.2. The normalized spacial score (nSPS) is 11.9. The van der Waals surface area contributed by atoms with Crippen LogP contribution in [0.25, 0.3) is 74.1 Å². The molecule has 60 heavy (non-hydrogen) atoms. The summed E-state index contributed by atoms with van der Waals surface area (Å²) in [5.74, 6) is 0.857. The van der Waals surface area contributed by atoms with Gasteiger partial charge in [-0.1, -0.05) is 129 Å². The van der Waals surface area contributed by atoms with Gasteiger partial charge in [-0.3, -0.25) is 0 Å². The lowest BCUT2D eigenvalue weighted by molar-refractivity contribution is 0.592. The van der Waals surface area contributed by atoms with Crippen LogP contribution in [0.2, 0.25) is 0 Å². The third-order valence-corrected chi connectivity index (χ3v) is 15.8. The van der Waals surface area contributed by atoms with Gasteiger partial charge in [0.2, 0.25) is 0 Å². The van der Waals surface area contributed by atoms with Crippen LogP contribution in [0, 0.1) is 6.92 Å². The molecule has 5 heteroatoms. The Morgan fingerprint density at radius 1 is 0.517 bits per heavy atom. The topological polar surface area (TPSA) is 12.0 Å². The van der Waals surface area contributed by atoms with Crippen molar-refractivity contribution in [3.63, 3.8) is 0 Å². The smallest absolute Gasteiger partial charge is 0.0886 e. The second-order valence-corrected chi connectivity index (χ2v) is 22.7. The van der Waals surface area contributed by atoms with E-state index in [9.17, 15) is 0 Å². The molecule has 0 aliphatic heterocycles. The number of hydrogen-bond donors (Lipinski definition) is 1. The summed E-state index contributed by atoms with van der Waals surface area (Å²) in [6, 6.07) is 29.1. The molecule has 0 spiro atoms. The molecule has 8 rings (SSSR count). The predicted molar refractivity (Wildman–Crippen MR) is 282 cm³/mol. The summed E-state index contributed by atoms with van der Waals surface area (Å²) in [7, 11) is 2.04. The van der Waals surface area contributed by atoms with E-state index in [1.165, 1.54) is 111 Å². The van der Waals surface area contributed by atoms with Crippen LogP contribution < -0.4 is 5.32 Å². The molecule has 320 valence electrons. The fourth-order valence-electron chi connectivity index (χ4n) is 7.81. The summed E-state index contributed by atoms with van der Waals surface area (Å²) in [5, 5.41) is 12.9. The quantitative estimate of drug-likeness (QED) is 0.157. The second kappa shape index (κ2) is 19.3. The van der Waals surface area contributed by atoms with Gasteiger partial charge in [-0.05, 0) is 134 Å². The number of thiophene rings is 4. The van der Waals surface area contributed by atoms with Crippen molar-refractivity contribution in [3.8, 4) is 41.8 Å². The lowest BCUT2D eigenvalue weighted by atomic mass is 9.77. The molecule has 4 aromatic heterocycles. The van der Waals surface area contributed by atoms with Gasteiger partial charge in [-0.15, -0.1) is 45.3 Å². The lowest BCUT2D eigenvalue weighted by Crippen LogP contribution is -2.11. The van der Waals surface area contributed by atoms with Crippen molar-refractivity contribution in [2.45, 2.75) is 147 Å². The Balaban J connectivity index is 0.000000922. The van der Waals surface area contributed by atoms with Crippen molar-refractivity contribution < 1.29 is 0 Å². The molecule has 0 amide bonds. The SMILES string of the molecule is CC.CC.CCC.CNc1ccc(-c2c(-c3ccc(C(C)(C)C)s3)c3cc(C(C)C)cc4c(-c5ccc(C(C)C)s5)c(-c5ccc(C)s5)c5cc(C(C)(C)C)cc2c5c43)s1. The Labute approximate surface area is 379 Å². The summed E-state index contributed by atoms with van der Waals surface area (Å²) in [5.41, 5.74) is 8.32. The summed E-state index contributed by atoms with van der Waals surface area (Å²) in [4.78, 5) is 9.58. The van der Waals surface area contributed by atoms with E-state index in [0.29, 0.717) is 11.8 Å². The number of anilines is 1. The third-order valence-electron chi connectivity index (χ3n) is 10.8. The number of aryl methyl sites for hydroxylation is 1. The van der Waals surface area contributed by atoms with Crippen LogP contribution in [0.1, 0.15) is 155 Å². The molecule has 0 unspecified atom stereocenters. The monoisotopic (exact) mass is 873 g/mol. The molecule has 1 nitrogen and oxygen atoms in total. The Morgan fingerprint density at radius 3 is 1.33 bits per heavy atom. The van der Waals surface area contributed by atoms with Gasteiger partial charge in [0, 0.05) is 63.4 Å². The molecule has 4 heterocycles. The van der Waals surface area contributed by atoms with Crippen molar-refractivity contribution in [2.24, 2.45) is 0 Å². The molecule has 0 radical (unpaired) electrons. The van der Waals surface area contributed by atoms with Crippen LogP contribution in [0.5, 0.6) is 0 Å². The first kappa shape index (κ1) is 47.6. The van der Waals surface area contributed by atoms with Crippen molar-refractivity contribution >= 4 is 82.7 Å². The zero-order chi connectivity index (χ0) is 44.4. The fourth-order valence-corrected chi connectivity index (χ4v) is 11.9. The van der Waals surface area contributed by atoms with Gasteiger partial charge >= 0.3 is 0 Å². The van der Waals surface area contributed by atoms with Crippen LogP contribution in [0.3, 0.4) is 0 Å². The lowest BCUT2D eigenvalue weighted by Gasteiger charge is -2.27. The number of nitrogens with one attached hydrogen (secondary N) is 1. The minimum Gasteiger partial charge on any atom is -0.380 e. The Kier molecular flexibility index (Phi) is 15.3. The van der Waals surface area contributed by atoms with E-state index in [-0.39, 0.29) is 10.8 Å². The van der Waals surface area contributed by atoms with E-state index in [4.69, 9.17) is 0 Å². The summed E-state index contributed by atoms with van der Waals surface area (Å²) >= 11 is 7.76. The molecule has 0 saturated carbocycles. The highest BCUT2D eigenvalue weighted by Gasteiger charge is 2.30. The molecule has 0 atom stereocenters. The zero-order valence-electron chi connectivity index (χ0n) is 39.9. The number of rotatable bonds is 7. The molecule has 0 fully saturated rings. The van der Waals surface area contributed by atoms with Gasteiger partial charge in [0.05, 0.1) is 5.00 Å². The first-order valence-electron chi connectivity index (χ1n) is 22.4. The fraction of sp³-hybridized carbons (Fsp3) is 0.418. The van der Waals surface area contributed by atoms with Gasteiger partial charge in [-0.25, -0.2) is 0 Å². The average Bonchev–Trinajstić information content (AvgIpc) is 4.05. The van der Waals surface area contributed by atoms with Gasteiger partial charge < -0.3 is 5.32 Å². The minimum atomic E-state index is -0.0445. The van der Waals surface area contributed by atoms with E-state index < -0.39 is 0 Å². The predicted octanol–water partition coefficient (Wildman–Crippen LogP) is 20.2. The molecule has 0 aliphatic rings. The number of hydrogen-bond acceptors (Lipinski definition) is 5. The maximum atomic E-state index is 3.46. The van der Waals surface area contributed by atoms with E-state index in [2.05, 4.69) is 168 Å². The Hall–Kier alpha value is -3.48. The molecule has 0 aliphatic carbocycles. The van der Waals surface area contributed by atoms with E-state index in [0.717, 1.165) is 0 Å². The van der Waals surface area contributed by atoms with Crippen molar-refractivity contribution in [1.82, 2.24) is 0 Å². The van der Waals surface area contributed by atoms with Crippen LogP contribution in [0.15, 0.2) is 72.8 Å². The van der Waals surface area contributed by atoms with E-state index in [1.54, 1.807) is 0 Å². The van der Waals surface area contributed by atoms with Gasteiger partial charge in [-0.2, -0.15) is 0 Å². The van der Waals surface area contributed by atoms with Crippen molar-refractivity contribution in [2.75, 3.05) is 12.4 Å². The van der Waals surface area contributed by atoms with Crippen molar-refractivity contribution in [1.29, 1.82) is 0 Å². The highest BCUT2D eigenvalue weighted by Crippen LogP contribution is 2.57. The number of benzene rings is 4. The first-order chi connectivity index (χ1) is 28.5. The van der Waals surface area contributed by atoms with Crippen LogP contribution in [0.4, 0.5) is 5.00 Å². The molecule has 0 saturated heterocycles. The Bertz CT molecular complexity index is 2660. The van der Waals surface area contributed by atoms with E-state index in [1.807, 2.05) is 80.1 Å².